The van der Waals surface area contributed by atoms with Gasteiger partial charge in [0.25, 0.3) is 0 Å². The number of carbonyl (C=O) groups excluding carboxylic acids is 1. The van der Waals surface area contributed by atoms with Gasteiger partial charge in [0.15, 0.2) is 0 Å². The lowest BCUT2D eigenvalue weighted by Gasteiger charge is -2.07. The Morgan fingerprint density at radius 1 is 0.667 bits per heavy atom. The van der Waals surface area contributed by atoms with Crippen molar-refractivity contribution < 1.29 is 14.3 Å². The van der Waals surface area contributed by atoms with Gasteiger partial charge >= 0.3 is 0 Å². The number of hydrogen-bond donors (Lipinski definition) is 2. The first-order valence-corrected chi connectivity index (χ1v) is 15.1. The Bertz CT molecular complexity index is 901. The Morgan fingerprint density at radius 3 is 1.62 bits per heavy atom. The summed E-state index contributed by atoms with van der Waals surface area (Å²) in [5, 5.41) is 11.6. The number of amides is 1. The standard InChI is InChI=1S/C32H50N4O3/c1-2-3-4-12-26-38-30-20-16-28(17-21-30)35-36-29-18-22-31(23-19-29)39-27-13-10-8-6-5-7-9-11-15-32(37)34-25-14-24-33/h16-23H,2-15,24-27,33H2,1H3,(H,34,37). The van der Waals surface area contributed by atoms with Crippen LogP contribution in [0.2, 0.25) is 0 Å². The van der Waals surface area contributed by atoms with Crippen molar-refractivity contribution in [1.29, 1.82) is 0 Å². The van der Waals surface area contributed by atoms with Crippen molar-refractivity contribution in [3.63, 3.8) is 0 Å². The Labute approximate surface area is 236 Å². The lowest BCUT2D eigenvalue weighted by Crippen LogP contribution is -2.25. The number of azo groups is 1. The maximum Gasteiger partial charge on any atom is 0.219 e. The third kappa shape index (κ3) is 16.6. The molecule has 2 aromatic rings. The van der Waals surface area contributed by atoms with Gasteiger partial charge in [-0.05, 0) is 80.8 Å². The minimum absolute atomic E-state index is 0.155. The molecule has 0 atom stereocenters. The van der Waals surface area contributed by atoms with Gasteiger partial charge in [0.1, 0.15) is 11.5 Å². The molecule has 0 spiro atoms. The third-order valence-corrected chi connectivity index (χ3v) is 6.49. The molecule has 7 nitrogen and oxygen atoms in total. The zero-order chi connectivity index (χ0) is 27.8. The van der Waals surface area contributed by atoms with Crippen molar-refractivity contribution in [2.24, 2.45) is 16.0 Å². The van der Waals surface area contributed by atoms with Crippen LogP contribution in [-0.4, -0.2) is 32.2 Å². The van der Waals surface area contributed by atoms with Crippen molar-refractivity contribution in [2.75, 3.05) is 26.3 Å². The van der Waals surface area contributed by atoms with Gasteiger partial charge in [-0.15, -0.1) is 0 Å². The molecular formula is C32H50N4O3. The van der Waals surface area contributed by atoms with E-state index >= 15 is 0 Å². The number of unbranched alkanes of at least 4 members (excludes halogenated alkanes) is 10. The Kier molecular flexibility index (Phi) is 18.2. The van der Waals surface area contributed by atoms with Crippen molar-refractivity contribution in [3.8, 4) is 11.5 Å². The first kappa shape index (κ1) is 32.3. The highest BCUT2D eigenvalue weighted by Gasteiger charge is 2.01. The molecule has 2 rings (SSSR count). The third-order valence-electron chi connectivity index (χ3n) is 6.49. The van der Waals surface area contributed by atoms with Gasteiger partial charge in [-0.2, -0.15) is 10.2 Å². The summed E-state index contributed by atoms with van der Waals surface area (Å²) in [6.07, 6.45) is 15.6. The number of benzene rings is 2. The number of carbonyl (C=O) groups is 1. The Morgan fingerprint density at radius 2 is 1.13 bits per heavy atom. The van der Waals surface area contributed by atoms with Gasteiger partial charge < -0.3 is 20.5 Å². The number of ether oxygens (including phenoxy) is 2. The minimum Gasteiger partial charge on any atom is -0.494 e. The summed E-state index contributed by atoms with van der Waals surface area (Å²) in [6.45, 7) is 5.02. The molecule has 0 heterocycles. The fourth-order valence-electron chi connectivity index (χ4n) is 4.11. The maximum absolute atomic E-state index is 11.6. The smallest absolute Gasteiger partial charge is 0.219 e. The fourth-order valence-corrected chi connectivity index (χ4v) is 4.11. The molecule has 0 radical (unpaired) electrons. The van der Waals surface area contributed by atoms with E-state index in [1.807, 2.05) is 48.5 Å². The van der Waals surface area contributed by atoms with E-state index in [-0.39, 0.29) is 5.91 Å². The molecule has 0 aromatic heterocycles. The van der Waals surface area contributed by atoms with E-state index in [4.69, 9.17) is 15.2 Å². The molecule has 0 aliphatic carbocycles. The molecule has 3 N–H and O–H groups in total. The van der Waals surface area contributed by atoms with Gasteiger partial charge in [-0.25, -0.2) is 0 Å². The second-order valence-electron chi connectivity index (χ2n) is 10.0. The highest BCUT2D eigenvalue weighted by molar-refractivity contribution is 5.75. The van der Waals surface area contributed by atoms with E-state index in [2.05, 4.69) is 22.5 Å². The normalized spacial score (nSPS) is 11.1. The summed E-state index contributed by atoms with van der Waals surface area (Å²) >= 11 is 0. The maximum atomic E-state index is 11.6. The second-order valence-corrected chi connectivity index (χ2v) is 10.0. The van der Waals surface area contributed by atoms with Crippen molar-refractivity contribution in [1.82, 2.24) is 5.32 Å². The van der Waals surface area contributed by atoms with E-state index in [1.54, 1.807) is 0 Å². The molecular weight excluding hydrogens is 488 g/mol. The number of nitrogens with one attached hydrogen (secondary N) is 1. The molecule has 216 valence electrons. The predicted molar refractivity (Wildman–Crippen MR) is 160 cm³/mol. The topological polar surface area (TPSA) is 98.3 Å². The van der Waals surface area contributed by atoms with E-state index in [0.29, 0.717) is 19.5 Å². The molecule has 0 saturated carbocycles. The van der Waals surface area contributed by atoms with Crippen LogP contribution < -0.4 is 20.5 Å². The van der Waals surface area contributed by atoms with Gasteiger partial charge in [0, 0.05) is 13.0 Å². The van der Waals surface area contributed by atoms with Crippen LogP contribution in [0.15, 0.2) is 58.8 Å². The van der Waals surface area contributed by atoms with Crippen molar-refractivity contribution >= 4 is 17.3 Å². The first-order chi connectivity index (χ1) is 19.2. The van der Waals surface area contributed by atoms with Crippen LogP contribution in [0.1, 0.15) is 96.8 Å². The van der Waals surface area contributed by atoms with Crippen LogP contribution in [0, 0.1) is 0 Å². The quantitative estimate of drug-likeness (QED) is 0.110. The molecule has 39 heavy (non-hydrogen) atoms. The van der Waals surface area contributed by atoms with Gasteiger partial charge in [-0.3, -0.25) is 4.79 Å². The van der Waals surface area contributed by atoms with E-state index < -0.39 is 0 Å². The number of rotatable bonds is 23. The average molecular weight is 539 g/mol. The number of nitrogens with two attached hydrogens (primary N) is 1. The zero-order valence-corrected chi connectivity index (χ0v) is 24.0. The molecule has 0 aliphatic heterocycles. The summed E-state index contributed by atoms with van der Waals surface area (Å²) in [7, 11) is 0. The van der Waals surface area contributed by atoms with Crippen molar-refractivity contribution in [3.05, 3.63) is 48.5 Å². The van der Waals surface area contributed by atoms with Gasteiger partial charge in [0.2, 0.25) is 5.91 Å². The van der Waals surface area contributed by atoms with Crippen LogP contribution in [0.3, 0.4) is 0 Å². The van der Waals surface area contributed by atoms with Gasteiger partial charge in [0.05, 0.1) is 24.6 Å². The summed E-state index contributed by atoms with van der Waals surface area (Å²) in [6, 6.07) is 15.5. The van der Waals surface area contributed by atoms with Crippen LogP contribution in [0.4, 0.5) is 11.4 Å². The Hall–Kier alpha value is -2.93. The lowest BCUT2D eigenvalue weighted by atomic mass is 10.1. The van der Waals surface area contributed by atoms with E-state index in [1.165, 1.54) is 51.4 Å². The van der Waals surface area contributed by atoms with Crippen LogP contribution >= 0.6 is 0 Å². The van der Waals surface area contributed by atoms with Gasteiger partial charge in [-0.1, -0.05) is 64.7 Å². The molecule has 0 aliphatic rings. The average Bonchev–Trinajstić information content (AvgIpc) is 2.96. The molecule has 7 heteroatoms. The number of hydrogen-bond acceptors (Lipinski definition) is 6. The SMILES string of the molecule is CCCCCCOc1ccc(N=Nc2ccc(OCCCCCCCCCCC(=O)NCCCN)cc2)cc1. The monoisotopic (exact) mass is 538 g/mol. The van der Waals surface area contributed by atoms with Crippen LogP contribution in [0.5, 0.6) is 11.5 Å². The Balaban J connectivity index is 1.49. The highest BCUT2D eigenvalue weighted by Crippen LogP contribution is 2.23. The molecule has 0 bridgehead atoms. The summed E-state index contributed by atoms with van der Waals surface area (Å²) < 4.78 is 11.7. The fraction of sp³-hybridized carbons (Fsp3) is 0.594. The molecule has 0 saturated heterocycles. The summed E-state index contributed by atoms with van der Waals surface area (Å²) in [4.78, 5) is 11.6. The predicted octanol–water partition coefficient (Wildman–Crippen LogP) is 8.42. The van der Waals surface area contributed by atoms with E-state index in [9.17, 15) is 4.79 Å². The molecule has 0 fully saturated rings. The van der Waals surface area contributed by atoms with Crippen LogP contribution in [0.25, 0.3) is 0 Å². The number of nitrogens with zero attached hydrogens (tertiary/aromatic N) is 2. The second kappa shape index (κ2) is 21.9. The summed E-state index contributed by atoms with van der Waals surface area (Å²) in [5.41, 5.74) is 7.03. The van der Waals surface area contributed by atoms with E-state index in [0.717, 1.165) is 68.2 Å². The zero-order valence-electron chi connectivity index (χ0n) is 24.0. The largest absolute Gasteiger partial charge is 0.494 e. The first-order valence-electron chi connectivity index (χ1n) is 15.1. The summed E-state index contributed by atoms with van der Waals surface area (Å²) in [5.74, 6) is 1.89. The van der Waals surface area contributed by atoms with Crippen LogP contribution in [-0.2, 0) is 4.79 Å². The van der Waals surface area contributed by atoms with Crippen molar-refractivity contribution in [2.45, 2.75) is 96.8 Å². The molecule has 2 aromatic carbocycles. The minimum atomic E-state index is 0.155. The highest BCUT2D eigenvalue weighted by atomic mass is 16.5. The molecule has 1 amide bonds. The molecule has 0 unspecified atom stereocenters. The lowest BCUT2D eigenvalue weighted by molar-refractivity contribution is -0.121.